The zero-order valence-electron chi connectivity index (χ0n) is 14.1. The molecular formula is C17H24ClF3N2O2. The molecule has 0 aliphatic carbocycles. The highest BCUT2D eigenvalue weighted by molar-refractivity contribution is 5.85. The summed E-state index contributed by atoms with van der Waals surface area (Å²) in [5.74, 6) is -0.580. The second kappa shape index (κ2) is 9.40. The van der Waals surface area contributed by atoms with E-state index in [2.05, 4.69) is 10.6 Å². The number of halogens is 4. The van der Waals surface area contributed by atoms with E-state index in [-0.39, 0.29) is 25.4 Å². The summed E-state index contributed by atoms with van der Waals surface area (Å²) in [4.78, 5) is 12.6. The summed E-state index contributed by atoms with van der Waals surface area (Å²) < 4.78 is 45.3. The van der Waals surface area contributed by atoms with Gasteiger partial charge in [0.2, 0.25) is 5.91 Å². The predicted molar refractivity (Wildman–Crippen MR) is 91.8 cm³/mol. The van der Waals surface area contributed by atoms with Gasteiger partial charge in [-0.1, -0.05) is 30.3 Å². The van der Waals surface area contributed by atoms with Crippen LogP contribution in [0, 0.1) is 5.41 Å². The van der Waals surface area contributed by atoms with Gasteiger partial charge in [-0.15, -0.1) is 12.4 Å². The molecule has 1 aromatic rings. The highest BCUT2D eigenvalue weighted by Crippen LogP contribution is 2.31. The molecule has 4 nitrogen and oxygen atoms in total. The van der Waals surface area contributed by atoms with E-state index < -0.39 is 23.5 Å². The fourth-order valence-electron chi connectivity index (χ4n) is 3.03. The Morgan fingerprint density at radius 2 is 1.88 bits per heavy atom. The minimum atomic E-state index is -4.51. The second-order valence-electron chi connectivity index (χ2n) is 6.22. The number of piperidine rings is 1. The van der Waals surface area contributed by atoms with Crippen LogP contribution >= 0.6 is 12.4 Å². The molecule has 1 aromatic carbocycles. The predicted octanol–water partition coefficient (Wildman–Crippen LogP) is 2.71. The molecule has 0 aromatic heterocycles. The molecule has 1 atom stereocenters. The normalized spacial score (nSPS) is 18.1. The topological polar surface area (TPSA) is 50.4 Å². The summed E-state index contributed by atoms with van der Waals surface area (Å²) in [5.41, 5.74) is -0.369. The first-order valence-corrected chi connectivity index (χ1v) is 7.99. The van der Waals surface area contributed by atoms with E-state index in [1.165, 1.54) is 7.11 Å². The van der Waals surface area contributed by atoms with Crippen molar-refractivity contribution < 1.29 is 22.7 Å². The number of benzene rings is 1. The van der Waals surface area contributed by atoms with E-state index in [0.717, 1.165) is 0 Å². The standard InChI is InChI=1S/C17H23F3N2O2.ClH/c1-24-12-16(7-9-21-10-8-16)15(23)22-14(17(18,19)20)11-13-5-3-2-4-6-13;/h2-6,14,21H,7-12H2,1H3,(H,22,23);1H. The van der Waals surface area contributed by atoms with Crippen LogP contribution in [0.2, 0.25) is 0 Å². The van der Waals surface area contributed by atoms with Crippen LogP contribution in [0.3, 0.4) is 0 Å². The van der Waals surface area contributed by atoms with E-state index in [9.17, 15) is 18.0 Å². The molecule has 1 heterocycles. The Morgan fingerprint density at radius 3 is 2.40 bits per heavy atom. The number of methoxy groups -OCH3 is 1. The van der Waals surface area contributed by atoms with Crippen molar-refractivity contribution >= 4 is 18.3 Å². The van der Waals surface area contributed by atoms with Crippen LogP contribution in [0.1, 0.15) is 18.4 Å². The smallest absolute Gasteiger partial charge is 0.384 e. The van der Waals surface area contributed by atoms with Gasteiger partial charge in [0.05, 0.1) is 12.0 Å². The van der Waals surface area contributed by atoms with E-state index >= 15 is 0 Å². The molecule has 8 heteroatoms. The lowest BCUT2D eigenvalue weighted by molar-refractivity contribution is -0.166. The molecular weight excluding hydrogens is 357 g/mol. The fraction of sp³-hybridized carbons (Fsp3) is 0.588. The minimum Gasteiger partial charge on any atom is -0.384 e. The molecule has 1 fully saturated rings. The largest absolute Gasteiger partial charge is 0.408 e. The van der Waals surface area contributed by atoms with Gasteiger partial charge in [0.25, 0.3) is 0 Å². The number of carbonyl (C=O) groups is 1. The lowest BCUT2D eigenvalue weighted by Gasteiger charge is -2.37. The number of ether oxygens (including phenoxy) is 1. The van der Waals surface area contributed by atoms with Crippen molar-refractivity contribution in [1.29, 1.82) is 0 Å². The lowest BCUT2D eigenvalue weighted by Crippen LogP contribution is -2.56. The monoisotopic (exact) mass is 380 g/mol. The summed E-state index contributed by atoms with van der Waals surface area (Å²) in [6.07, 6.45) is -3.87. The summed E-state index contributed by atoms with van der Waals surface area (Å²) in [7, 11) is 1.46. The van der Waals surface area contributed by atoms with Crippen molar-refractivity contribution in [3.8, 4) is 0 Å². The number of rotatable bonds is 6. The first kappa shape index (κ1) is 21.7. The van der Waals surface area contributed by atoms with Crippen molar-refractivity contribution in [2.45, 2.75) is 31.5 Å². The Morgan fingerprint density at radius 1 is 1.28 bits per heavy atom. The third-order valence-electron chi connectivity index (χ3n) is 4.45. The quantitative estimate of drug-likeness (QED) is 0.797. The van der Waals surface area contributed by atoms with Gasteiger partial charge in [-0.05, 0) is 31.5 Å². The molecule has 2 N–H and O–H groups in total. The number of alkyl halides is 3. The fourth-order valence-corrected chi connectivity index (χ4v) is 3.03. The number of hydrogen-bond acceptors (Lipinski definition) is 3. The molecule has 0 spiro atoms. The van der Waals surface area contributed by atoms with E-state index in [1.54, 1.807) is 30.3 Å². The van der Waals surface area contributed by atoms with Crippen LogP contribution < -0.4 is 10.6 Å². The lowest BCUT2D eigenvalue weighted by atomic mass is 9.78. The molecule has 1 aliphatic heterocycles. The maximum Gasteiger partial charge on any atom is 0.408 e. The Bertz CT molecular complexity index is 529. The van der Waals surface area contributed by atoms with Crippen LogP contribution in [-0.2, 0) is 16.0 Å². The first-order valence-electron chi connectivity index (χ1n) is 7.99. The summed E-state index contributed by atoms with van der Waals surface area (Å²) in [6.45, 7) is 1.30. The van der Waals surface area contributed by atoms with Crippen molar-refractivity contribution in [2.75, 3.05) is 26.8 Å². The molecule has 1 saturated heterocycles. The van der Waals surface area contributed by atoms with Gasteiger partial charge in [0.15, 0.2) is 0 Å². The maximum atomic E-state index is 13.4. The SMILES string of the molecule is COCC1(C(=O)NC(Cc2ccccc2)C(F)(F)F)CCNCC1.Cl. The molecule has 1 aliphatic rings. The molecule has 0 bridgehead atoms. The number of amides is 1. The summed E-state index contributed by atoms with van der Waals surface area (Å²) >= 11 is 0. The van der Waals surface area contributed by atoms with Crippen molar-refractivity contribution in [3.05, 3.63) is 35.9 Å². The summed E-state index contributed by atoms with van der Waals surface area (Å²) in [5, 5.41) is 5.35. The Kier molecular flexibility index (Phi) is 8.18. The van der Waals surface area contributed by atoms with Gasteiger partial charge >= 0.3 is 6.18 Å². The average molecular weight is 381 g/mol. The molecule has 2 rings (SSSR count). The Balaban J connectivity index is 0.00000312. The Hall–Kier alpha value is -1.31. The molecule has 142 valence electrons. The van der Waals surface area contributed by atoms with Gasteiger partial charge in [-0.25, -0.2) is 0 Å². The van der Waals surface area contributed by atoms with E-state index in [0.29, 0.717) is 31.5 Å². The van der Waals surface area contributed by atoms with Crippen LogP contribution in [0.25, 0.3) is 0 Å². The number of hydrogen-bond donors (Lipinski definition) is 2. The van der Waals surface area contributed by atoms with Crippen molar-refractivity contribution in [3.63, 3.8) is 0 Å². The molecule has 1 unspecified atom stereocenters. The van der Waals surface area contributed by atoms with Crippen LogP contribution in [0.4, 0.5) is 13.2 Å². The first-order chi connectivity index (χ1) is 11.4. The van der Waals surface area contributed by atoms with E-state index in [1.807, 2.05) is 0 Å². The third-order valence-corrected chi connectivity index (χ3v) is 4.45. The van der Waals surface area contributed by atoms with Gasteiger partial charge in [0, 0.05) is 13.5 Å². The molecule has 0 radical (unpaired) electrons. The van der Waals surface area contributed by atoms with Gasteiger partial charge in [-0.3, -0.25) is 4.79 Å². The van der Waals surface area contributed by atoms with Gasteiger partial charge < -0.3 is 15.4 Å². The van der Waals surface area contributed by atoms with Gasteiger partial charge in [0.1, 0.15) is 6.04 Å². The number of nitrogens with one attached hydrogen (secondary N) is 2. The van der Waals surface area contributed by atoms with Crippen LogP contribution in [0.5, 0.6) is 0 Å². The maximum absolute atomic E-state index is 13.4. The van der Waals surface area contributed by atoms with Gasteiger partial charge in [-0.2, -0.15) is 13.2 Å². The zero-order chi connectivity index (χ0) is 17.6. The Labute approximate surface area is 151 Å². The number of carbonyl (C=O) groups excluding carboxylic acids is 1. The van der Waals surface area contributed by atoms with Crippen molar-refractivity contribution in [2.24, 2.45) is 5.41 Å². The zero-order valence-corrected chi connectivity index (χ0v) is 14.9. The molecule has 0 saturated carbocycles. The minimum absolute atomic E-state index is 0. The van der Waals surface area contributed by atoms with Crippen LogP contribution in [0.15, 0.2) is 30.3 Å². The third kappa shape index (κ3) is 5.87. The highest BCUT2D eigenvalue weighted by Gasteiger charge is 2.46. The van der Waals surface area contributed by atoms with Crippen molar-refractivity contribution in [1.82, 2.24) is 10.6 Å². The van der Waals surface area contributed by atoms with Crippen LogP contribution in [-0.4, -0.2) is 44.9 Å². The highest BCUT2D eigenvalue weighted by atomic mass is 35.5. The molecule has 25 heavy (non-hydrogen) atoms. The second-order valence-corrected chi connectivity index (χ2v) is 6.22. The average Bonchev–Trinajstić information content (AvgIpc) is 2.55. The van der Waals surface area contributed by atoms with E-state index in [4.69, 9.17) is 4.74 Å². The summed E-state index contributed by atoms with van der Waals surface area (Å²) in [6, 6.07) is 6.46. The molecule has 1 amide bonds.